The summed E-state index contributed by atoms with van der Waals surface area (Å²) in [5, 5.41) is 22.6. The number of nitrogens with zero attached hydrogens (tertiary/aromatic N) is 3. The molecular weight excluding hydrogens is 254 g/mol. The van der Waals surface area contributed by atoms with E-state index in [0.717, 1.165) is 11.3 Å². The van der Waals surface area contributed by atoms with Crippen LogP contribution in [0.25, 0.3) is 5.69 Å². The van der Waals surface area contributed by atoms with Crippen LogP contribution in [0, 0.1) is 32.1 Å². The number of carboxylic acid groups (broad SMARTS) is 1. The number of carboxylic acids is 1. The minimum Gasteiger partial charge on any atom is -0.481 e. The molecule has 1 heterocycles. The van der Waals surface area contributed by atoms with Crippen LogP contribution in [0.1, 0.15) is 28.1 Å². The van der Waals surface area contributed by atoms with Gasteiger partial charge in [0.15, 0.2) is 0 Å². The topological polar surface area (TPSA) is 78.9 Å². The van der Waals surface area contributed by atoms with Crippen molar-refractivity contribution in [3.63, 3.8) is 0 Å². The van der Waals surface area contributed by atoms with E-state index in [1.165, 1.54) is 0 Å². The van der Waals surface area contributed by atoms with Crippen molar-refractivity contribution in [1.29, 1.82) is 5.26 Å². The van der Waals surface area contributed by atoms with Crippen LogP contribution in [0.2, 0.25) is 0 Å². The van der Waals surface area contributed by atoms with E-state index in [2.05, 4.69) is 11.2 Å². The van der Waals surface area contributed by atoms with Crippen molar-refractivity contribution in [2.45, 2.75) is 27.2 Å². The molecule has 0 amide bonds. The van der Waals surface area contributed by atoms with Crippen molar-refractivity contribution in [1.82, 2.24) is 9.78 Å². The molecule has 1 aromatic heterocycles. The smallest absolute Gasteiger partial charge is 0.307 e. The molecule has 5 nitrogen and oxygen atoms in total. The third kappa shape index (κ3) is 2.28. The lowest BCUT2D eigenvalue weighted by Gasteiger charge is -2.10. The van der Waals surface area contributed by atoms with E-state index < -0.39 is 5.97 Å². The van der Waals surface area contributed by atoms with Crippen LogP contribution in [0.3, 0.4) is 0 Å². The lowest BCUT2D eigenvalue weighted by Crippen LogP contribution is -2.06. The summed E-state index contributed by atoms with van der Waals surface area (Å²) >= 11 is 0. The van der Waals surface area contributed by atoms with Gasteiger partial charge in [0.25, 0.3) is 0 Å². The quantitative estimate of drug-likeness (QED) is 0.927. The molecule has 0 saturated heterocycles. The highest BCUT2D eigenvalue weighted by Gasteiger charge is 2.18. The van der Waals surface area contributed by atoms with E-state index in [4.69, 9.17) is 5.11 Å². The van der Waals surface area contributed by atoms with Crippen LogP contribution in [0.4, 0.5) is 0 Å². The Bertz CT molecular complexity index is 723. The Labute approximate surface area is 117 Å². The molecule has 0 bridgehead atoms. The van der Waals surface area contributed by atoms with Crippen LogP contribution in [-0.2, 0) is 11.2 Å². The Balaban J connectivity index is 2.67. The van der Waals surface area contributed by atoms with Crippen LogP contribution in [0.15, 0.2) is 18.2 Å². The van der Waals surface area contributed by atoms with Crippen LogP contribution in [0.5, 0.6) is 0 Å². The molecule has 1 aromatic carbocycles. The van der Waals surface area contributed by atoms with Gasteiger partial charge < -0.3 is 5.11 Å². The van der Waals surface area contributed by atoms with Gasteiger partial charge in [-0.2, -0.15) is 10.4 Å². The molecule has 102 valence electrons. The van der Waals surface area contributed by atoms with Crippen molar-refractivity contribution in [2.75, 3.05) is 0 Å². The molecule has 1 N–H and O–H groups in total. The van der Waals surface area contributed by atoms with E-state index in [0.29, 0.717) is 22.5 Å². The second-order valence-corrected chi connectivity index (χ2v) is 4.71. The zero-order valence-electron chi connectivity index (χ0n) is 11.6. The second-order valence-electron chi connectivity index (χ2n) is 4.71. The maximum absolute atomic E-state index is 10.9. The first-order chi connectivity index (χ1) is 9.45. The lowest BCUT2D eigenvalue weighted by molar-refractivity contribution is -0.136. The average molecular weight is 269 g/mol. The normalized spacial score (nSPS) is 10.3. The standard InChI is InChI=1S/C15H15N3O2/c1-9-5-4-6-12(8-16)15(9)18-11(3)13(7-14(19)20)10(2)17-18/h4-6H,7H2,1-3H3,(H,19,20). The molecule has 0 atom stereocenters. The monoisotopic (exact) mass is 269 g/mol. The van der Waals surface area contributed by atoms with Crippen LogP contribution in [-0.4, -0.2) is 20.9 Å². The highest BCUT2D eigenvalue weighted by molar-refractivity contribution is 5.71. The predicted molar refractivity (Wildman–Crippen MR) is 73.8 cm³/mol. The van der Waals surface area contributed by atoms with Crippen molar-refractivity contribution in [3.8, 4) is 11.8 Å². The van der Waals surface area contributed by atoms with Gasteiger partial charge in [0.05, 0.1) is 23.4 Å². The summed E-state index contributed by atoms with van der Waals surface area (Å²) in [6, 6.07) is 7.61. The lowest BCUT2D eigenvalue weighted by atomic mass is 10.1. The fraction of sp³-hybridized carbons (Fsp3) is 0.267. The molecule has 0 aliphatic heterocycles. The first kappa shape index (κ1) is 13.8. The van der Waals surface area contributed by atoms with Crippen molar-refractivity contribution < 1.29 is 9.90 Å². The number of aliphatic carboxylic acids is 1. The first-order valence-electron chi connectivity index (χ1n) is 6.22. The fourth-order valence-electron chi connectivity index (χ4n) is 2.33. The van der Waals surface area contributed by atoms with Gasteiger partial charge in [-0.25, -0.2) is 4.68 Å². The van der Waals surface area contributed by atoms with Gasteiger partial charge >= 0.3 is 5.97 Å². The first-order valence-corrected chi connectivity index (χ1v) is 6.22. The minimum absolute atomic E-state index is 0.0641. The highest BCUT2D eigenvalue weighted by atomic mass is 16.4. The Morgan fingerprint density at radius 1 is 1.40 bits per heavy atom. The SMILES string of the molecule is Cc1cccc(C#N)c1-n1nc(C)c(CC(=O)O)c1C. The molecular formula is C15H15N3O2. The number of rotatable bonds is 3. The summed E-state index contributed by atoms with van der Waals surface area (Å²) in [7, 11) is 0. The fourth-order valence-corrected chi connectivity index (χ4v) is 2.33. The number of aromatic nitrogens is 2. The van der Waals surface area contributed by atoms with E-state index in [1.807, 2.05) is 26.0 Å². The largest absolute Gasteiger partial charge is 0.481 e. The molecule has 0 spiro atoms. The molecule has 0 aliphatic carbocycles. The number of benzene rings is 1. The number of hydrogen-bond donors (Lipinski definition) is 1. The van der Waals surface area contributed by atoms with Gasteiger partial charge in [-0.15, -0.1) is 0 Å². The van der Waals surface area contributed by atoms with Gasteiger partial charge in [0, 0.05) is 11.3 Å². The molecule has 5 heteroatoms. The predicted octanol–water partition coefficient (Wildman–Crippen LogP) is 2.30. The van der Waals surface area contributed by atoms with Gasteiger partial charge in [0.2, 0.25) is 0 Å². The second kappa shape index (κ2) is 5.17. The van der Waals surface area contributed by atoms with E-state index >= 15 is 0 Å². The van der Waals surface area contributed by atoms with Crippen LogP contribution < -0.4 is 0 Å². The molecule has 0 unspecified atom stereocenters. The zero-order valence-corrected chi connectivity index (χ0v) is 11.6. The minimum atomic E-state index is -0.888. The van der Waals surface area contributed by atoms with Crippen LogP contribution >= 0.6 is 0 Å². The molecule has 2 rings (SSSR count). The third-order valence-electron chi connectivity index (χ3n) is 3.34. The molecule has 2 aromatic rings. The molecule has 0 radical (unpaired) electrons. The van der Waals surface area contributed by atoms with Gasteiger partial charge in [-0.05, 0) is 32.4 Å². The summed E-state index contributed by atoms with van der Waals surface area (Å²) in [6.07, 6.45) is -0.0641. The summed E-state index contributed by atoms with van der Waals surface area (Å²) in [4.78, 5) is 10.9. The van der Waals surface area contributed by atoms with E-state index in [9.17, 15) is 10.1 Å². The zero-order chi connectivity index (χ0) is 14.9. The maximum Gasteiger partial charge on any atom is 0.307 e. The molecule has 0 aliphatic rings. The highest BCUT2D eigenvalue weighted by Crippen LogP contribution is 2.23. The summed E-state index contributed by atoms with van der Waals surface area (Å²) in [6.45, 7) is 5.52. The number of nitriles is 1. The number of hydrogen-bond acceptors (Lipinski definition) is 3. The van der Waals surface area contributed by atoms with E-state index in [1.54, 1.807) is 17.7 Å². The number of aryl methyl sites for hydroxylation is 2. The molecule has 20 heavy (non-hydrogen) atoms. The summed E-state index contributed by atoms with van der Waals surface area (Å²) in [5.74, 6) is -0.888. The van der Waals surface area contributed by atoms with E-state index in [-0.39, 0.29) is 6.42 Å². The Morgan fingerprint density at radius 2 is 2.10 bits per heavy atom. The number of para-hydroxylation sites is 1. The van der Waals surface area contributed by atoms with Crippen molar-refractivity contribution in [2.24, 2.45) is 0 Å². The average Bonchev–Trinajstić information content (AvgIpc) is 2.66. The Morgan fingerprint density at radius 3 is 2.70 bits per heavy atom. The summed E-state index contributed by atoms with van der Waals surface area (Å²) in [5.41, 5.74) is 4.30. The summed E-state index contributed by atoms with van der Waals surface area (Å²) < 4.78 is 1.67. The van der Waals surface area contributed by atoms with Gasteiger partial charge in [-0.3, -0.25) is 4.79 Å². The Kier molecular flexibility index (Phi) is 3.57. The molecule has 0 saturated carbocycles. The van der Waals surface area contributed by atoms with Gasteiger partial charge in [0.1, 0.15) is 6.07 Å². The number of carbonyl (C=O) groups is 1. The molecule has 0 fully saturated rings. The Hall–Kier alpha value is -2.61. The van der Waals surface area contributed by atoms with Crippen molar-refractivity contribution >= 4 is 5.97 Å². The van der Waals surface area contributed by atoms with Gasteiger partial charge in [-0.1, -0.05) is 12.1 Å². The maximum atomic E-state index is 10.9. The third-order valence-corrected chi connectivity index (χ3v) is 3.34. The van der Waals surface area contributed by atoms with Crippen molar-refractivity contribution in [3.05, 3.63) is 46.3 Å².